The summed E-state index contributed by atoms with van der Waals surface area (Å²) >= 11 is 0. The van der Waals surface area contributed by atoms with E-state index in [1.165, 1.54) is 0 Å². The molecular weight excluding hydrogens is 260 g/mol. The first-order chi connectivity index (χ1) is 10.3. The van der Waals surface area contributed by atoms with Crippen LogP contribution in [0.3, 0.4) is 0 Å². The summed E-state index contributed by atoms with van der Waals surface area (Å²) in [6, 6.07) is 18.3. The van der Waals surface area contributed by atoms with Gasteiger partial charge in [0.15, 0.2) is 0 Å². The zero-order valence-electron chi connectivity index (χ0n) is 11.8. The number of hydrogen-bond donors (Lipinski definition) is 2. The molecule has 106 valence electrons. The van der Waals surface area contributed by atoms with Crippen molar-refractivity contribution < 1.29 is 4.79 Å². The van der Waals surface area contributed by atoms with Gasteiger partial charge >= 0.3 is 0 Å². The van der Waals surface area contributed by atoms with Crippen LogP contribution in [-0.2, 0) is 10.2 Å². The zero-order valence-corrected chi connectivity index (χ0v) is 11.8. The number of carbonyl (C=O) groups excluding carboxylic acids is 1. The lowest BCUT2D eigenvalue weighted by molar-refractivity contribution is -0.121. The number of carbonyl (C=O) groups is 1. The van der Waals surface area contributed by atoms with Crippen LogP contribution in [0.5, 0.6) is 0 Å². The minimum absolute atomic E-state index is 0.114. The normalized spacial score (nSPS) is 27.4. The van der Waals surface area contributed by atoms with Crippen molar-refractivity contribution in [3.63, 3.8) is 0 Å². The van der Waals surface area contributed by atoms with Gasteiger partial charge in [-0.15, -0.1) is 0 Å². The van der Waals surface area contributed by atoms with Gasteiger partial charge in [-0.3, -0.25) is 4.79 Å². The third kappa shape index (κ3) is 1.67. The first-order valence-electron chi connectivity index (χ1n) is 7.50. The second-order valence-corrected chi connectivity index (χ2v) is 5.86. The van der Waals surface area contributed by atoms with Gasteiger partial charge in [0, 0.05) is 5.69 Å². The van der Waals surface area contributed by atoms with Crippen molar-refractivity contribution in [2.75, 3.05) is 18.4 Å². The SMILES string of the molecule is O=C1Nc2ccccc2C1(c1ccccc1)C1CCNC1. The zero-order chi connectivity index (χ0) is 14.3. The summed E-state index contributed by atoms with van der Waals surface area (Å²) in [5.74, 6) is 0.409. The number of nitrogens with one attached hydrogen (secondary N) is 2. The van der Waals surface area contributed by atoms with Gasteiger partial charge in [-0.1, -0.05) is 48.5 Å². The lowest BCUT2D eigenvalue weighted by Gasteiger charge is -2.34. The highest BCUT2D eigenvalue weighted by atomic mass is 16.2. The molecule has 0 spiro atoms. The molecule has 2 aliphatic heterocycles. The molecule has 0 aliphatic carbocycles. The third-order valence-electron chi connectivity index (χ3n) is 4.86. The summed E-state index contributed by atoms with van der Waals surface area (Å²) in [6.07, 6.45) is 1.02. The summed E-state index contributed by atoms with van der Waals surface area (Å²) in [4.78, 5) is 13.0. The fourth-order valence-corrected chi connectivity index (χ4v) is 3.93. The molecule has 2 heterocycles. The summed E-state index contributed by atoms with van der Waals surface area (Å²) in [7, 11) is 0. The van der Waals surface area contributed by atoms with Gasteiger partial charge in [0.05, 0.1) is 0 Å². The van der Waals surface area contributed by atoms with Crippen LogP contribution < -0.4 is 10.6 Å². The third-order valence-corrected chi connectivity index (χ3v) is 4.86. The van der Waals surface area contributed by atoms with E-state index >= 15 is 0 Å². The summed E-state index contributed by atoms with van der Waals surface area (Å²) < 4.78 is 0. The number of benzene rings is 2. The van der Waals surface area contributed by atoms with Gasteiger partial charge < -0.3 is 10.6 Å². The molecule has 2 aromatic carbocycles. The highest BCUT2D eigenvalue weighted by Crippen LogP contribution is 2.49. The number of amides is 1. The number of hydrogen-bond acceptors (Lipinski definition) is 2. The Hall–Kier alpha value is -2.13. The number of anilines is 1. The molecule has 0 aromatic heterocycles. The van der Waals surface area contributed by atoms with Crippen LogP contribution in [0.25, 0.3) is 0 Å². The van der Waals surface area contributed by atoms with Crippen molar-refractivity contribution in [3.05, 3.63) is 65.7 Å². The van der Waals surface area contributed by atoms with Gasteiger partial charge in [0.2, 0.25) is 5.91 Å². The van der Waals surface area contributed by atoms with Crippen molar-refractivity contribution >= 4 is 11.6 Å². The van der Waals surface area contributed by atoms with Gasteiger partial charge in [0.25, 0.3) is 0 Å². The van der Waals surface area contributed by atoms with E-state index in [-0.39, 0.29) is 5.91 Å². The van der Waals surface area contributed by atoms with Crippen LogP contribution in [0, 0.1) is 5.92 Å². The van der Waals surface area contributed by atoms with E-state index < -0.39 is 5.41 Å². The predicted molar refractivity (Wildman–Crippen MR) is 83.3 cm³/mol. The Morgan fingerprint density at radius 2 is 1.76 bits per heavy atom. The summed E-state index contributed by atoms with van der Waals surface area (Å²) in [5, 5.41) is 6.51. The van der Waals surface area contributed by atoms with Crippen LogP contribution >= 0.6 is 0 Å². The van der Waals surface area contributed by atoms with Crippen LogP contribution in [0.4, 0.5) is 5.69 Å². The van der Waals surface area contributed by atoms with Gasteiger partial charge in [-0.05, 0) is 42.6 Å². The Bertz CT molecular complexity index is 677. The molecule has 2 unspecified atom stereocenters. The van der Waals surface area contributed by atoms with Gasteiger partial charge in [-0.2, -0.15) is 0 Å². The van der Waals surface area contributed by atoms with E-state index in [1.807, 2.05) is 36.4 Å². The molecule has 0 bridgehead atoms. The first-order valence-corrected chi connectivity index (χ1v) is 7.50. The van der Waals surface area contributed by atoms with Crippen molar-refractivity contribution in [2.24, 2.45) is 5.92 Å². The minimum Gasteiger partial charge on any atom is -0.325 e. The molecule has 2 N–H and O–H groups in total. The topological polar surface area (TPSA) is 41.1 Å². The standard InChI is InChI=1S/C18H18N2O/c21-17-18(14-10-11-19-12-14,13-6-2-1-3-7-13)15-8-4-5-9-16(15)20-17/h1-9,14,19H,10-12H2,(H,20,21). The van der Waals surface area contributed by atoms with Crippen molar-refractivity contribution in [1.82, 2.24) is 5.32 Å². The van der Waals surface area contributed by atoms with Crippen molar-refractivity contribution in [2.45, 2.75) is 11.8 Å². The maximum atomic E-state index is 13.0. The van der Waals surface area contributed by atoms with E-state index in [0.29, 0.717) is 5.92 Å². The predicted octanol–water partition coefficient (Wildman–Crippen LogP) is 2.53. The highest BCUT2D eigenvalue weighted by Gasteiger charge is 2.53. The van der Waals surface area contributed by atoms with Crippen molar-refractivity contribution in [3.8, 4) is 0 Å². The molecule has 0 radical (unpaired) electrons. The van der Waals surface area contributed by atoms with Crippen LogP contribution in [0.15, 0.2) is 54.6 Å². The van der Waals surface area contributed by atoms with E-state index in [0.717, 1.165) is 36.3 Å². The number of rotatable bonds is 2. The maximum Gasteiger partial charge on any atom is 0.239 e. The smallest absolute Gasteiger partial charge is 0.239 e. The van der Waals surface area contributed by atoms with E-state index in [2.05, 4.69) is 28.8 Å². The molecule has 4 rings (SSSR count). The minimum atomic E-state index is -0.554. The summed E-state index contributed by atoms with van der Waals surface area (Å²) in [6.45, 7) is 1.87. The molecular formula is C18H18N2O. The second-order valence-electron chi connectivity index (χ2n) is 5.86. The Balaban J connectivity index is 1.98. The van der Waals surface area contributed by atoms with Gasteiger partial charge in [0.1, 0.15) is 5.41 Å². The van der Waals surface area contributed by atoms with Crippen LogP contribution in [0.1, 0.15) is 17.5 Å². The first kappa shape index (κ1) is 12.6. The number of para-hydroxylation sites is 1. The maximum absolute atomic E-state index is 13.0. The molecule has 3 heteroatoms. The second kappa shape index (κ2) is 4.71. The molecule has 21 heavy (non-hydrogen) atoms. The average molecular weight is 278 g/mol. The van der Waals surface area contributed by atoms with Gasteiger partial charge in [-0.25, -0.2) is 0 Å². The lowest BCUT2D eigenvalue weighted by atomic mass is 9.66. The van der Waals surface area contributed by atoms with Crippen molar-refractivity contribution in [1.29, 1.82) is 0 Å². The Kier molecular flexibility index (Phi) is 2.82. The average Bonchev–Trinajstić information content (AvgIpc) is 3.14. The van der Waals surface area contributed by atoms with E-state index in [4.69, 9.17) is 0 Å². The molecule has 2 aliphatic rings. The molecule has 2 aromatic rings. The van der Waals surface area contributed by atoms with Crippen LogP contribution in [-0.4, -0.2) is 19.0 Å². The Morgan fingerprint density at radius 3 is 2.52 bits per heavy atom. The monoisotopic (exact) mass is 278 g/mol. The molecule has 1 fully saturated rings. The Labute approximate surface area is 124 Å². The Morgan fingerprint density at radius 1 is 1.00 bits per heavy atom. The molecule has 1 saturated heterocycles. The van der Waals surface area contributed by atoms with Crippen LogP contribution in [0.2, 0.25) is 0 Å². The molecule has 3 nitrogen and oxygen atoms in total. The van der Waals surface area contributed by atoms with E-state index in [9.17, 15) is 4.79 Å². The quantitative estimate of drug-likeness (QED) is 0.886. The molecule has 1 amide bonds. The fourth-order valence-electron chi connectivity index (χ4n) is 3.93. The van der Waals surface area contributed by atoms with E-state index in [1.54, 1.807) is 0 Å². The molecule has 0 saturated carbocycles. The highest BCUT2D eigenvalue weighted by molar-refractivity contribution is 6.09. The lowest BCUT2D eigenvalue weighted by Crippen LogP contribution is -2.44. The molecule has 2 atom stereocenters. The largest absolute Gasteiger partial charge is 0.325 e. The fraction of sp³-hybridized carbons (Fsp3) is 0.278. The summed E-state index contributed by atoms with van der Waals surface area (Å²) in [5.41, 5.74) is 2.62. The number of fused-ring (bicyclic) bond motifs is 1.